The summed E-state index contributed by atoms with van der Waals surface area (Å²) >= 11 is 0. The van der Waals surface area contributed by atoms with Gasteiger partial charge >= 0.3 is 0 Å². The highest BCUT2D eigenvalue weighted by Crippen LogP contribution is 2.52. The van der Waals surface area contributed by atoms with Crippen LogP contribution >= 0.6 is 0 Å². The van der Waals surface area contributed by atoms with Crippen molar-refractivity contribution in [2.75, 3.05) is 0 Å². The SMILES string of the molecule is CC1(C)c2ccccc2-c2c1ccc1c2ccc2c3ccccc3n(-c3cccc4c3CC=N4)c12. The zero-order chi connectivity index (χ0) is 23.3. The van der Waals surface area contributed by atoms with Gasteiger partial charge in [0, 0.05) is 39.8 Å². The quantitative estimate of drug-likeness (QED) is 0.240. The first-order chi connectivity index (χ1) is 17.1. The minimum Gasteiger partial charge on any atom is -0.308 e. The molecule has 6 aromatic rings. The number of para-hydroxylation sites is 1. The molecule has 0 atom stereocenters. The minimum absolute atomic E-state index is 0.000622. The lowest BCUT2D eigenvalue weighted by Crippen LogP contribution is -2.14. The second-order valence-corrected chi connectivity index (χ2v) is 10.4. The predicted molar refractivity (Wildman–Crippen MR) is 148 cm³/mol. The molecule has 2 heterocycles. The van der Waals surface area contributed by atoms with Gasteiger partial charge in [-0.15, -0.1) is 0 Å². The van der Waals surface area contributed by atoms with E-state index in [1.165, 1.54) is 66.1 Å². The second-order valence-electron chi connectivity index (χ2n) is 10.4. The number of fused-ring (bicyclic) bond motifs is 10. The molecule has 0 spiro atoms. The summed E-state index contributed by atoms with van der Waals surface area (Å²) < 4.78 is 2.49. The van der Waals surface area contributed by atoms with E-state index < -0.39 is 0 Å². The van der Waals surface area contributed by atoms with Crippen molar-refractivity contribution in [1.29, 1.82) is 0 Å². The molecule has 2 heteroatoms. The van der Waals surface area contributed by atoms with Gasteiger partial charge in [0.05, 0.1) is 22.4 Å². The molecular formula is C33H24N2. The van der Waals surface area contributed by atoms with Gasteiger partial charge in [-0.3, -0.25) is 4.99 Å². The standard InChI is InChI=1S/C33H24N2/c1-33(2)26-10-5-3-9-24(26)31-21-14-15-22-20-8-4-6-12-29(20)35(32(22)23(21)16-17-27(31)33)30-13-7-11-28-25(30)18-19-34-28/h3-17,19H,18H2,1-2H3. The van der Waals surface area contributed by atoms with Gasteiger partial charge in [-0.05, 0) is 45.8 Å². The normalized spacial score (nSPS) is 15.1. The van der Waals surface area contributed by atoms with E-state index in [-0.39, 0.29) is 5.41 Å². The maximum atomic E-state index is 4.64. The van der Waals surface area contributed by atoms with Crippen molar-refractivity contribution in [3.8, 4) is 16.8 Å². The number of nitrogens with zero attached hydrogens (tertiary/aromatic N) is 2. The van der Waals surface area contributed by atoms with Crippen LogP contribution < -0.4 is 0 Å². The number of benzene rings is 5. The van der Waals surface area contributed by atoms with Crippen LogP contribution in [0.15, 0.2) is 96.0 Å². The van der Waals surface area contributed by atoms with Gasteiger partial charge in [-0.25, -0.2) is 0 Å². The minimum atomic E-state index is -0.000622. The van der Waals surface area contributed by atoms with Crippen LogP contribution in [0.4, 0.5) is 5.69 Å². The van der Waals surface area contributed by atoms with Crippen molar-refractivity contribution < 1.29 is 0 Å². The number of hydrogen-bond donors (Lipinski definition) is 0. The monoisotopic (exact) mass is 448 g/mol. The molecule has 1 aromatic heterocycles. The summed E-state index contributed by atoms with van der Waals surface area (Å²) in [6, 6.07) is 33.7. The van der Waals surface area contributed by atoms with Crippen molar-refractivity contribution in [3.05, 3.63) is 108 Å². The maximum Gasteiger partial charge on any atom is 0.0682 e. The first kappa shape index (κ1) is 19.2. The van der Waals surface area contributed by atoms with Crippen LogP contribution in [0.1, 0.15) is 30.5 Å². The zero-order valence-electron chi connectivity index (χ0n) is 19.8. The van der Waals surface area contributed by atoms with E-state index in [0.717, 1.165) is 12.1 Å². The molecule has 35 heavy (non-hydrogen) atoms. The summed E-state index contributed by atoms with van der Waals surface area (Å²) in [7, 11) is 0. The van der Waals surface area contributed by atoms with E-state index in [2.05, 4.69) is 114 Å². The molecule has 0 N–H and O–H groups in total. The van der Waals surface area contributed by atoms with Crippen LogP contribution in [-0.4, -0.2) is 10.8 Å². The fourth-order valence-corrected chi connectivity index (χ4v) is 6.66. The van der Waals surface area contributed by atoms with Gasteiger partial charge in [0.2, 0.25) is 0 Å². The van der Waals surface area contributed by atoms with Crippen LogP contribution in [-0.2, 0) is 11.8 Å². The lowest BCUT2D eigenvalue weighted by molar-refractivity contribution is 0.661. The molecule has 0 fully saturated rings. The zero-order valence-corrected chi connectivity index (χ0v) is 19.8. The lowest BCUT2D eigenvalue weighted by Gasteiger charge is -2.21. The Morgan fingerprint density at radius 2 is 1.46 bits per heavy atom. The highest BCUT2D eigenvalue weighted by atomic mass is 15.0. The summed E-state index contributed by atoms with van der Waals surface area (Å²) in [5.41, 5.74) is 11.8. The largest absolute Gasteiger partial charge is 0.308 e. The van der Waals surface area contributed by atoms with Gasteiger partial charge < -0.3 is 4.57 Å². The Balaban J connectivity index is 1.57. The Bertz CT molecular complexity index is 1900. The molecular weight excluding hydrogens is 424 g/mol. The number of rotatable bonds is 1. The Hall–Kier alpha value is -4.17. The molecule has 1 aliphatic heterocycles. The molecule has 0 radical (unpaired) electrons. The summed E-state index contributed by atoms with van der Waals surface area (Å²) in [6.07, 6.45) is 2.91. The molecule has 0 saturated carbocycles. The van der Waals surface area contributed by atoms with Crippen LogP contribution in [0, 0.1) is 0 Å². The Labute approximate surface area is 204 Å². The summed E-state index contributed by atoms with van der Waals surface area (Å²) in [5.74, 6) is 0. The molecule has 2 aliphatic rings. The molecule has 0 unspecified atom stereocenters. The second kappa shape index (κ2) is 6.49. The first-order valence-electron chi connectivity index (χ1n) is 12.4. The third kappa shape index (κ3) is 2.32. The molecule has 166 valence electrons. The summed E-state index contributed by atoms with van der Waals surface area (Å²) in [6.45, 7) is 4.71. The predicted octanol–water partition coefficient (Wildman–Crippen LogP) is 8.50. The molecule has 0 amide bonds. The fraction of sp³-hybridized carbons (Fsp3) is 0.121. The van der Waals surface area contributed by atoms with Gasteiger partial charge in [-0.1, -0.05) is 86.6 Å². The molecule has 1 aliphatic carbocycles. The van der Waals surface area contributed by atoms with Gasteiger partial charge in [-0.2, -0.15) is 0 Å². The maximum absolute atomic E-state index is 4.64. The van der Waals surface area contributed by atoms with Crippen LogP contribution in [0.5, 0.6) is 0 Å². The number of aromatic nitrogens is 1. The molecule has 2 nitrogen and oxygen atoms in total. The van der Waals surface area contributed by atoms with E-state index in [0.29, 0.717) is 0 Å². The van der Waals surface area contributed by atoms with E-state index in [4.69, 9.17) is 0 Å². The van der Waals surface area contributed by atoms with E-state index in [9.17, 15) is 0 Å². The smallest absolute Gasteiger partial charge is 0.0682 e. The lowest BCUT2D eigenvalue weighted by atomic mass is 9.82. The highest BCUT2D eigenvalue weighted by molar-refractivity contribution is 6.21. The number of aliphatic imine (C=N–C) groups is 1. The van der Waals surface area contributed by atoms with Gasteiger partial charge in [0.1, 0.15) is 0 Å². The van der Waals surface area contributed by atoms with Crippen LogP contribution in [0.25, 0.3) is 49.4 Å². The highest BCUT2D eigenvalue weighted by Gasteiger charge is 2.36. The Kier molecular flexibility index (Phi) is 3.55. The average molecular weight is 449 g/mol. The molecule has 0 bridgehead atoms. The topological polar surface area (TPSA) is 17.3 Å². The third-order valence-corrected chi connectivity index (χ3v) is 8.27. The summed E-state index contributed by atoms with van der Waals surface area (Å²) in [4.78, 5) is 4.64. The van der Waals surface area contributed by atoms with Crippen molar-refractivity contribution in [2.24, 2.45) is 4.99 Å². The van der Waals surface area contributed by atoms with E-state index in [1.807, 2.05) is 6.21 Å². The van der Waals surface area contributed by atoms with Crippen LogP contribution in [0.2, 0.25) is 0 Å². The van der Waals surface area contributed by atoms with Gasteiger partial charge in [0.25, 0.3) is 0 Å². The molecule has 8 rings (SSSR count). The summed E-state index contributed by atoms with van der Waals surface area (Å²) in [5, 5.41) is 5.24. The van der Waals surface area contributed by atoms with E-state index >= 15 is 0 Å². The van der Waals surface area contributed by atoms with Crippen molar-refractivity contribution in [3.63, 3.8) is 0 Å². The van der Waals surface area contributed by atoms with Crippen molar-refractivity contribution in [2.45, 2.75) is 25.7 Å². The van der Waals surface area contributed by atoms with Crippen molar-refractivity contribution in [1.82, 2.24) is 4.57 Å². The Morgan fingerprint density at radius 1 is 0.686 bits per heavy atom. The third-order valence-electron chi connectivity index (χ3n) is 8.27. The van der Waals surface area contributed by atoms with Gasteiger partial charge in [0.15, 0.2) is 0 Å². The van der Waals surface area contributed by atoms with Crippen LogP contribution in [0.3, 0.4) is 0 Å². The average Bonchev–Trinajstić information content (AvgIpc) is 3.56. The Morgan fingerprint density at radius 3 is 2.40 bits per heavy atom. The first-order valence-corrected chi connectivity index (χ1v) is 12.4. The molecule has 5 aromatic carbocycles. The van der Waals surface area contributed by atoms with Crippen molar-refractivity contribution >= 4 is 44.5 Å². The number of hydrogen-bond acceptors (Lipinski definition) is 1. The van der Waals surface area contributed by atoms with E-state index in [1.54, 1.807) is 0 Å². The molecule has 0 saturated heterocycles. The fourth-order valence-electron chi connectivity index (χ4n) is 6.66.